The van der Waals surface area contributed by atoms with Gasteiger partial charge in [-0.3, -0.25) is 4.79 Å². The highest BCUT2D eigenvalue weighted by molar-refractivity contribution is 5.95. The Labute approximate surface area is 111 Å². The van der Waals surface area contributed by atoms with E-state index in [1.165, 1.54) is 5.56 Å². The van der Waals surface area contributed by atoms with E-state index in [0.717, 1.165) is 29.5 Å². The molecule has 1 saturated carbocycles. The van der Waals surface area contributed by atoms with Gasteiger partial charge in [0.25, 0.3) is 5.89 Å². The lowest BCUT2D eigenvalue weighted by Gasteiger charge is -2.06. The smallest absolute Gasteiger partial charge is 0.284 e. The molecule has 0 atom stereocenters. The van der Waals surface area contributed by atoms with Crippen molar-refractivity contribution in [2.75, 3.05) is 0 Å². The van der Waals surface area contributed by atoms with Gasteiger partial charge >= 0.3 is 0 Å². The molecule has 0 bridgehead atoms. The zero-order chi connectivity index (χ0) is 13.6. The van der Waals surface area contributed by atoms with Crippen LogP contribution in [0.25, 0.3) is 11.5 Å². The van der Waals surface area contributed by atoms with E-state index in [9.17, 15) is 4.79 Å². The Balaban J connectivity index is 2.01. The first-order valence-corrected chi connectivity index (χ1v) is 6.52. The molecule has 0 N–H and O–H groups in total. The quantitative estimate of drug-likeness (QED) is 0.791. The van der Waals surface area contributed by atoms with Crippen LogP contribution in [-0.2, 0) is 0 Å². The molecule has 1 aromatic heterocycles. The van der Waals surface area contributed by atoms with Gasteiger partial charge in [-0.15, -0.1) is 10.2 Å². The molecule has 19 heavy (non-hydrogen) atoms. The van der Waals surface area contributed by atoms with Gasteiger partial charge < -0.3 is 4.42 Å². The van der Waals surface area contributed by atoms with Crippen molar-refractivity contribution in [1.82, 2.24) is 10.2 Å². The van der Waals surface area contributed by atoms with Gasteiger partial charge in [-0.05, 0) is 44.7 Å². The Hall–Kier alpha value is -1.97. The molecule has 1 aromatic carbocycles. The van der Waals surface area contributed by atoms with Gasteiger partial charge in [-0.2, -0.15) is 0 Å². The first kappa shape index (κ1) is 12.1. The third kappa shape index (κ3) is 2.18. The summed E-state index contributed by atoms with van der Waals surface area (Å²) in [6.45, 7) is 6.09. The van der Waals surface area contributed by atoms with Crippen molar-refractivity contribution in [3.63, 3.8) is 0 Å². The van der Waals surface area contributed by atoms with E-state index in [0.29, 0.717) is 5.89 Å². The number of nitrogens with zero attached hydrogens (tertiary/aromatic N) is 2. The number of carbonyl (C=O) groups excluding carboxylic acids is 1. The second-order valence-corrected chi connectivity index (χ2v) is 5.32. The van der Waals surface area contributed by atoms with Gasteiger partial charge in [0.05, 0.1) is 0 Å². The molecule has 0 aliphatic heterocycles. The first-order chi connectivity index (χ1) is 9.06. The van der Waals surface area contributed by atoms with Crippen LogP contribution < -0.4 is 0 Å². The molecule has 0 amide bonds. The second kappa shape index (κ2) is 4.30. The van der Waals surface area contributed by atoms with E-state index in [-0.39, 0.29) is 17.6 Å². The minimum absolute atomic E-state index is 0.0128. The average molecular weight is 256 g/mol. The number of rotatable bonds is 3. The Morgan fingerprint density at radius 3 is 2.37 bits per heavy atom. The maximum Gasteiger partial charge on any atom is 0.284 e. The SMILES string of the molecule is Cc1cc(C)c(-c2nnc(C(=O)C3CC3)o2)c(C)c1. The Kier molecular flexibility index (Phi) is 2.73. The lowest BCUT2D eigenvalue weighted by Crippen LogP contribution is -2.01. The van der Waals surface area contributed by atoms with Crippen molar-refractivity contribution in [2.45, 2.75) is 33.6 Å². The van der Waals surface area contributed by atoms with Crippen molar-refractivity contribution < 1.29 is 9.21 Å². The standard InChI is InChI=1S/C15H16N2O2/c1-8-6-9(2)12(10(3)7-8)14-16-17-15(19-14)13(18)11-4-5-11/h6-7,11H,4-5H2,1-3H3. The van der Waals surface area contributed by atoms with Crippen molar-refractivity contribution in [2.24, 2.45) is 5.92 Å². The van der Waals surface area contributed by atoms with Crippen molar-refractivity contribution in [3.8, 4) is 11.5 Å². The summed E-state index contributed by atoms with van der Waals surface area (Å²) in [6.07, 6.45) is 1.89. The van der Waals surface area contributed by atoms with Gasteiger partial charge in [-0.25, -0.2) is 0 Å². The van der Waals surface area contributed by atoms with Crippen LogP contribution in [0.15, 0.2) is 16.5 Å². The molecule has 0 saturated heterocycles. The molecule has 2 aromatic rings. The summed E-state index contributed by atoms with van der Waals surface area (Å²) in [5.74, 6) is 0.686. The molecule has 0 radical (unpaired) electrons. The van der Waals surface area contributed by atoms with Crippen LogP contribution in [0.3, 0.4) is 0 Å². The highest BCUT2D eigenvalue weighted by Gasteiger charge is 2.34. The fraction of sp³-hybridized carbons (Fsp3) is 0.400. The molecule has 1 fully saturated rings. The summed E-state index contributed by atoms with van der Waals surface area (Å²) >= 11 is 0. The zero-order valence-electron chi connectivity index (χ0n) is 11.4. The Morgan fingerprint density at radius 2 is 1.79 bits per heavy atom. The van der Waals surface area contributed by atoms with Crippen molar-refractivity contribution in [3.05, 3.63) is 34.7 Å². The summed E-state index contributed by atoms with van der Waals surface area (Å²) in [5.41, 5.74) is 4.32. The Morgan fingerprint density at radius 1 is 1.16 bits per heavy atom. The first-order valence-electron chi connectivity index (χ1n) is 6.52. The fourth-order valence-electron chi connectivity index (χ4n) is 2.46. The lowest BCUT2D eigenvalue weighted by atomic mass is 10.00. The Bertz CT molecular complexity index is 631. The van der Waals surface area contributed by atoms with E-state index >= 15 is 0 Å². The molecule has 98 valence electrons. The molecular weight excluding hydrogens is 240 g/mol. The van der Waals surface area contributed by atoms with Crippen LogP contribution in [0.4, 0.5) is 0 Å². The molecule has 1 aliphatic carbocycles. The normalized spacial score (nSPS) is 14.7. The highest BCUT2D eigenvalue weighted by Crippen LogP contribution is 2.33. The third-order valence-corrected chi connectivity index (χ3v) is 3.47. The zero-order valence-corrected chi connectivity index (χ0v) is 11.4. The van der Waals surface area contributed by atoms with Crippen LogP contribution >= 0.6 is 0 Å². The number of aryl methyl sites for hydroxylation is 3. The predicted molar refractivity (Wildman–Crippen MR) is 71.0 cm³/mol. The number of hydrogen-bond acceptors (Lipinski definition) is 4. The number of aromatic nitrogens is 2. The van der Waals surface area contributed by atoms with E-state index in [1.807, 2.05) is 13.8 Å². The van der Waals surface area contributed by atoms with Crippen LogP contribution in [0, 0.1) is 26.7 Å². The monoisotopic (exact) mass is 256 g/mol. The summed E-state index contributed by atoms with van der Waals surface area (Å²) in [4.78, 5) is 11.9. The minimum Gasteiger partial charge on any atom is -0.414 e. The lowest BCUT2D eigenvalue weighted by molar-refractivity contribution is 0.0934. The van der Waals surface area contributed by atoms with Crippen LogP contribution in [0.2, 0.25) is 0 Å². The van der Waals surface area contributed by atoms with Gasteiger partial charge in [0.2, 0.25) is 11.7 Å². The van der Waals surface area contributed by atoms with Crippen LogP contribution in [0.1, 0.15) is 40.2 Å². The number of benzene rings is 1. The maximum absolute atomic E-state index is 11.9. The summed E-state index contributed by atoms with van der Waals surface area (Å²) in [5, 5.41) is 7.92. The summed E-state index contributed by atoms with van der Waals surface area (Å²) in [7, 11) is 0. The molecular formula is C15H16N2O2. The average Bonchev–Trinajstić information content (AvgIpc) is 3.07. The van der Waals surface area contributed by atoms with Gasteiger partial charge in [0.15, 0.2) is 0 Å². The topological polar surface area (TPSA) is 56.0 Å². The molecule has 4 heteroatoms. The molecule has 1 aliphatic rings. The molecule has 4 nitrogen and oxygen atoms in total. The van der Waals surface area contributed by atoms with Gasteiger partial charge in [0, 0.05) is 11.5 Å². The highest BCUT2D eigenvalue weighted by atomic mass is 16.4. The van der Waals surface area contributed by atoms with Crippen molar-refractivity contribution >= 4 is 5.78 Å². The van der Waals surface area contributed by atoms with E-state index < -0.39 is 0 Å². The molecule has 0 unspecified atom stereocenters. The summed E-state index contributed by atoms with van der Waals surface area (Å²) in [6, 6.07) is 4.16. The second-order valence-electron chi connectivity index (χ2n) is 5.32. The van der Waals surface area contributed by atoms with Crippen molar-refractivity contribution in [1.29, 1.82) is 0 Å². The van der Waals surface area contributed by atoms with E-state index in [4.69, 9.17) is 4.42 Å². The molecule has 1 heterocycles. The maximum atomic E-state index is 11.9. The summed E-state index contributed by atoms with van der Waals surface area (Å²) < 4.78 is 5.56. The largest absolute Gasteiger partial charge is 0.414 e. The minimum atomic E-state index is -0.0128. The van der Waals surface area contributed by atoms with Crippen LogP contribution in [0.5, 0.6) is 0 Å². The van der Waals surface area contributed by atoms with Crippen LogP contribution in [-0.4, -0.2) is 16.0 Å². The molecule has 0 spiro atoms. The van der Waals surface area contributed by atoms with E-state index in [1.54, 1.807) is 0 Å². The predicted octanol–water partition coefficient (Wildman–Crippen LogP) is 3.25. The number of carbonyl (C=O) groups is 1. The van der Waals surface area contributed by atoms with Gasteiger partial charge in [0.1, 0.15) is 0 Å². The number of hydrogen-bond donors (Lipinski definition) is 0. The number of ketones is 1. The number of Topliss-reactive ketones (excluding diaryl/α,β-unsaturated/α-hetero) is 1. The van der Waals surface area contributed by atoms with Gasteiger partial charge in [-0.1, -0.05) is 17.7 Å². The fourth-order valence-corrected chi connectivity index (χ4v) is 2.46. The third-order valence-electron chi connectivity index (χ3n) is 3.47. The van der Waals surface area contributed by atoms with E-state index in [2.05, 4.69) is 29.3 Å². The molecule has 3 rings (SSSR count).